The van der Waals surface area contributed by atoms with Gasteiger partial charge in [-0.2, -0.15) is 0 Å². The van der Waals surface area contributed by atoms with Crippen LogP contribution >= 0.6 is 23.2 Å². The van der Waals surface area contributed by atoms with Gasteiger partial charge >= 0.3 is 0 Å². The van der Waals surface area contributed by atoms with Gasteiger partial charge in [-0.1, -0.05) is 59.6 Å². The summed E-state index contributed by atoms with van der Waals surface area (Å²) in [6, 6.07) is 21.6. The predicted octanol–water partition coefficient (Wildman–Crippen LogP) is 4.97. The number of carbonyl (C=O) groups is 2. The summed E-state index contributed by atoms with van der Waals surface area (Å²) in [4.78, 5) is 24.3. The van der Waals surface area contributed by atoms with E-state index in [4.69, 9.17) is 23.2 Å². The molecule has 0 saturated carbocycles. The summed E-state index contributed by atoms with van der Waals surface area (Å²) in [6.45, 7) is 0.508. The van der Waals surface area contributed by atoms with E-state index in [0.29, 0.717) is 27.8 Å². The van der Waals surface area contributed by atoms with Crippen molar-refractivity contribution in [2.45, 2.75) is 6.54 Å². The SMILES string of the molecule is O=C(CNc1ccc(C(=O)NCc2ccccc2)cc1)Nc1cccc(Cl)c1Cl. The summed E-state index contributed by atoms with van der Waals surface area (Å²) in [5, 5.41) is 9.25. The van der Waals surface area contributed by atoms with E-state index in [0.717, 1.165) is 11.3 Å². The van der Waals surface area contributed by atoms with E-state index in [1.165, 1.54) is 0 Å². The monoisotopic (exact) mass is 427 g/mol. The van der Waals surface area contributed by atoms with Gasteiger partial charge in [-0.25, -0.2) is 0 Å². The molecule has 0 fully saturated rings. The van der Waals surface area contributed by atoms with Crippen molar-refractivity contribution in [1.82, 2.24) is 5.32 Å². The van der Waals surface area contributed by atoms with Gasteiger partial charge in [0.2, 0.25) is 5.91 Å². The second-order valence-electron chi connectivity index (χ2n) is 6.25. The van der Waals surface area contributed by atoms with Crippen molar-refractivity contribution in [3.05, 3.63) is 94.0 Å². The normalized spacial score (nSPS) is 10.3. The highest BCUT2D eigenvalue weighted by Gasteiger charge is 2.09. The molecule has 3 aromatic rings. The Morgan fingerprint density at radius 2 is 1.55 bits per heavy atom. The summed E-state index contributed by atoms with van der Waals surface area (Å²) in [7, 11) is 0. The van der Waals surface area contributed by atoms with Crippen molar-refractivity contribution in [1.29, 1.82) is 0 Å². The summed E-state index contributed by atoms with van der Waals surface area (Å²) in [5.41, 5.74) is 2.75. The van der Waals surface area contributed by atoms with Crippen LogP contribution < -0.4 is 16.0 Å². The molecule has 0 radical (unpaired) electrons. The van der Waals surface area contributed by atoms with Gasteiger partial charge in [-0.15, -0.1) is 0 Å². The molecule has 0 spiro atoms. The number of rotatable bonds is 7. The Kier molecular flexibility index (Phi) is 7.11. The Balaban J connectivity index is 1.49. The van der Waals surface area contributed by atoms with Crippen molar-refractivity contribution in [2.24, 2.45) is 0 Å². The molecule has 0 aliphatic heterocycles. The maximum atomic E-state index is 12.2. The molecule has 3 aromatic carbocycles. The lowest BCUT2D eigenvalue weighted by atomic mass is 10.1. The lowest BCUT2D eigenvalue weighted by molar-refractivity contribution is -0.114. The number of carbonyl (C=O) groups excluding carboxylic acids is 2. The van der Waals surface area contributed by atoms with Crippen LogP contribution in [-0.2, 0) is 11.3 Å². The number of halogens is 2. The van der Waals surface area contributed by atoms with Crippen LogP contribution in [0, 0.1) is 0 Å². The Hall–Kier alpha value is -3.02. The molecule has 29 heavy (non-hydrogen) atoms. The summed E-state index contributed by atoms with van der Waals surface area (Å²) < 4.78 is 0. The van der Waals surface area contributed by atoms with Crippen LogP contribution in [0.15, 0.2) is 72.8 Å². The average molecular weight is 428 g/mol. The minimum Gasteiger partial charge on any atom is -0.376 e. The second kappa shape index (κ2) is 9.96. The van der Waals surface area contributed by atoms with Crippen LogP contribution in [0.4, 0.5) is 11.4 Å². The topological polar surface area (TPSA) is 70.2 Å². The third-order valence-corrected chi connectivity index (χ3v) is 4.94. The first-order chi connectivity index (χ1) is 14.0. The van der Waals surface area contributed by atoms with Crippen molar-refractivity contribution in [3.63, 3.8) is 0 Å². The van der Waals surface area contributed by atoms with Gasteiger partial charge in [0.25, 0.3) is 5.91 Å². The van der Waals surface area contributed by atoms with Gasteiger partial charge in [0, 0.05) is 17.8 Å². The van der Waals surface area contributed by atoms with Crippen molar-refractivity contribution >= 4 is 46.4 Å². The first-order valence-electron chi connectivity index (χ1n) is 8.93. The Morgan fingerprint density at radius 3 is 2.28 bits per heavy atom. The van der Waals surface area contributed by atoms with Crippen LogP contribution in [0.3, 0.4) is 0 Å². The van der Waals surface area contributed by atoms with Crippen LogP contribution in [0.5, 0.6) is 0 Å². The minimum atomic E-state index is -0.265. The highest BCUT2D eigenvalue weighted by molar-refractivity contribution is 6.44. The summed E-state index contributed by atoms with van der Waals surface area (Å²) in [6.07, 6.45) is 0. The molecule has 3 N–H and O–H groups in total. The molecule has 0 atom stereocenters. The van der Waals surface area contributed by atoms with E-state index in [1.54, 1.807) is 42.5 Å². The summed E-state index contributed by atoms with van der Waals surface area (Å²) >= 11 is 12.0. The second-order valence-corrected chi connectivity index (χ2v) is 7.03. The fraction of sp³-hybridized carbons (Fsp3) is 0.0909. The van der Waals surface area contributed by atoms with E-state index in [9.17, 15) is 9.59 Å². The van der Waals surface area contributed by atoms with Gasteiger partial charge in [0.15, 0.2) is 0 Å². The smallest absolute Gasteiger partial charge is 0.251 e. The lowest BCUT2D eigenvalue weighted by Crippen LogP contribution is -2.23. The highest BCUT2D eigenvalue weighted by Crippen LogP contribution is 2.29. The van der Waals surface area contributed by atoms with E-state index < -0.39 is 0 Å². The molecule has 0 aromatic heterocycles. The van der Waals surface area contributed by atoms with Gasteiger partial charge in [-0.05, 0) is 42.0 Å². The molecular weight excluding hydrogens is 409 g/mol. The Morgan fingerprint density at radius 1 is 0.828 bits per heavy atom. The zero-order valence-electron chi connectivity index (χ0n) is 15.4. The number of nitrogens with one attached hydrogen (secondary N) is 3. The third-order valence-electron chi connectivity index (χ3n) is 4.12. The lowest BCUT2D eigenvalue weighted by Gasteiger charge is -2.10. The summed E-state index contributed by atoms with van der Waals surface area (Å²) in [5.74, 6) is -0.424. The maximum Gasteiger partial charge on any atom is 0.251 e. The largest absolute Gasteiger partial charge is 0.376 e. The fourth-order valence-electron chi connectivity index (χ4n) is 2.60. The molecule has 0 aliphatic rings. The highest BCUT2D eigenvalue weighted by atomic mass is 35.5. The predicted molar refractivity (Wildman–Crippen MR) is 118 cm³/mol. The van der Waals surface area contributed by atoms with Gasteiger partial charge < -0.3 is 16.0 Å². The number of amides is 2. The van der Waals surface area contributed by atoms with E-state index >= 15 is 0 Å². The maximum absolute atomic E-state index is 12.2. The molecular formula is C22H19Cl2N3O2. The third kappa shape index (κ3) is 5.98. The van der Waals surface area contributed by atoms with Crippen LogP contribution in [0.1, 0.15) is 15.9 Å². The van der Waals surface area contributed by atoms with Crippen molar-refractivity contribution in [3.8, 4) is 0 Å². The minimum absolute atomic E-state index is 0.0440. The van der Waals surface area contributed by atoms with Crippen LogP contribution in [0.2, 0.25) is 10.0 Å². The first-order valence-corrected chi connectivity index (χ1v) is 9.68. The zero-order valence-corrected chi connectivity index (χ0v) is 16.9. The van der Waals surface area contributed by atoms with Gasteiger partial charge in [-0.3, -0.25) is 9.59 Å². The number of benzene rings is 3. The molecule has 0 bridgehead atoms. The first kappa shape index (κ1) is 20.7. The van der Waals surface area contributed by atoms with Gasteiger partial charge in [0.1, 0.15) is 0 Å². The van der Waals surface area contributed by atoms with Crippen LogP contribution in [-0.4, -0.2) is 18.4 Å². The molecule has 0 heterocycles. The van der Waals surface area contributed by atoms with Crippen molar-refractivity contribution < 1.29 is 9.59 Å². The average Bonchev–Trinajstić information content (AvgIpc) is 2.75. The molecule has 0 saturated heterocycles. The number of hydrogen-bond donors (Lipinski definition) is 3. The van der Waals surface area contributed by atoms with Crippen molar-refractivity contribution in [2.75, 3.05) is 17.2 Å². The molecule has 5 nitrogen and oxygen atoms in total. The van der Waals surface area contributed by atoms with Gasteiger partial charge in [0.05, 0.1) is 22.3 Å². The molecule has 0 aliphatic carbocycles. The fourth-order valence-corrected chi connectivity index (χ4v) is 2.94. The number of anilines is 2. The molecule has 0 unspecified atom stereocenters. The molecule has 2 amide bonds. The standard InChI is InChI=1S/C22H19Cl2N3O2/c23-18-7-4-8-19(21(18)24)27-20(28)14-25-17-11-9-16(10-12-17)22(29)26-13-15-5-2-1-3-6-15/h1-12,25H,13-14H2,(H,26,29)(H,27,28). The number of hydrogen-bond acceptors (Lipinski definition) is 3. The molecule has 3 rings (SSSR count). The molecule has 7 heteroatoms. The molecule has 148 valence electrons. The Labute approximate surface area is 179 Å². The van der Waals surface area contributed by atoms with E-state index in [1.807, 2.05) is 30.3 Å². The quantitative estimate of drug-likeness (QED) is 0.498. The zero-order chi connectivity index (χ0) is 20.6. The van der Waals surface area contributed by atoms with Crippen LogP contribution in [0.25, 0.3) is 0 Å². The van der Waals surface area contributed by atoms with E-state index in [-0.39, 0.29) is 18.4 Å². The Bertz CT molecular complexity index is 993. The van der Waals surface area contributed by atoms with E-state index in [2.05, 4.69) is 16.0 Å².